The molecule has 0 amide bonds. The molecule has 5 heteroatoms. The molecular weight excluding hydrogens is 258 g/mol. The monoisotopic (exact) mass is 269 g/mol. The van der Waals surface area contributed by atoms with Gasteiger partial charge in [-0.25, -0.2) is 17.6 Å². The lowest BCUT2D eigenvalue weighted by Crippen LogP contribution is -2.10. The van der Waals surface area contributed by atoms with Crippen LogP contribution in [0.3, 0.4) is 0 Å². The molecule has 1 unspecified atom stereocenters. The van der Waals surface area contributed by atoms with Crippen molar-refractivity contribution in [3.63, 3.8) is 0 Å². The van der Waals surface area contributed by atoms with E-state index in [0.717, 1.165) is 0 Å². The Labute approximate surface area is 107 Å². The van der Waals surface area contributed by atoms with Gasteiger partial charge in [-0.1, -0.05) is 18.2 Å². The Bertz CT molecular complexity index is 598. The standard InChI is InChI=1S/C14H11F4N/c1-8(9-4-2-3-5-10(9)15)19-14-7-12(17)11(16)6-13(14)18/h2-8,19H,1H3. The quantitative estimate of drug-likeness (QED) is 0.642. The van der Waals surface area contributed by atoms with E-state index >= 15 is 0 Å². The molecule has 2 aromatic carbocycles. The lowest BCUT2D eigenvalue weighted by Gasteiger charge is -2.17. The van der Waals surface area contributed by atoms with E-state index < -0.39 is 29.3 Å². The highest BCUT2D eigenvalue weighted by Crippen LogP contribution is 2.25. The fraction of sp³-hybridized carbons (Fsp3) is 0.143. The van der Waals surface area contributed by atoms with Crippen LogP contribution in [0.15, 0.2) is 36.4 Å². The van der Waals surface area contributed by atoms with Crippen molar-refractivity contribution >= 4 is 5.69 Å². The van der Waals surface area contributed by atoms with Crippen molar-refractivity contribution < 1.29 is 17.6 Å². The summed E-state index contributed by atoms with van der Waals surface area (Å²) in [7, 11) is 0. The summed E-state index contributed by atoms with van der Waals surface area (Å²) in [6, 6.07) is 6.55. The first kappa shape index (κ1) is 13.4. The molecule has 1 atom stereocenters. The van der Waals surface area contributed by atoms with Gasteiger partial charge < -0.3 is 5.32 Å². The Kier molecular flexibility index (Phi) is 3.74. The summed E-state index contributed by atoms with van der Waals surface area (Å²) in [5, 5.41) is 2.61. The minimum atomic E-state index is -1.26. The van der Waals surface area contributed by atoms with Crippen LogP contribution in [-0.2, 0) is 0 Å². The van der Waals surface area contributed by atoms with Crippen LogP contribution < -0.4 is 5.32 Å². The SMILES string of the molecule is CC(Nc1cc(F)c(F)cc1F)c1ccccc1F. The van der Waals surface area contributed by atoms with Gasteiger partial charge in [0, 0.05) is 17.7 Å². The number of hydrogen-bond donors (Lipinski definition) is 1. The zero-order chi connectivity index (χ0) is 14.0. The molecule has 1 nitrogen and oxygen atoms in total. The summed E-state index contributed by atoms with van der Waals surface area (Å²) in [6.07, 6.45) is 0. The van der Waals surface area contributed by atoms with Crippen molar-refractivity contribution in [2.75, 3.05) is 5.32 Å². The molecule has 0 heterocycles. The molecule has 19 heavy (non-hydrogen) atoms. The predicted molar refractivity (Wildman–Crippen MR) is 64.8 cm³/mol. The summed E-state index contributed by atoms with van der Waals surface area (Å²) in [5.74, 6) is -3.81. The van der Waals surface area contributed by atoms with E-state index in [9.17, 15) is 17.6 Å². The Morgan fingerprint density at radius 3 is 2.16 bits per heavy atom. The van der Waals surface area contributed by atoms with Crippen LogP contribution in [0.25, 0.3) is 0 Å². The summed E-state index contributed by atoms with van der Waals surface area (Å²) >= 11 is 0. The first-order valence-electron chi connectivity index (χ1n) is 5.64. The van der Waals surface area contributed by atoms with Gasteiger partial charge >= 0.3 is 0 Å². The lowest BCUT2D eigenvalue weighted by molar-refractivity contribution is 0.495. The van der Waals surface area contributed by atoms with Crippen LogP contribution in [0.2, 0.25) is 0 Å². The number of anilines is 1. The second-order valence-electron chi connectivity index (χ2n) is 4.13. The van der Waals surface area contributed by atoms with Gasteiger partial charge in [-0.3, -0.25) is 0 Å². The zero-order valence-corrected chi connectivity index (χ0v) is 10.1. The summed E-state index contributed by atoms with van der Waals surface area (Å²) in [6.45, 7) is 1.60. The van der Waals surface area contributed by atoms with Gasteiger partial charge in [-0.15, -0.1) is 0 Å². The van der Waals surface area contributed by atoms with Gasteiger partial charge in [-0.2, -0.15) is 0 Å². The van der Waals surface area contributed by atoms with Crippen LogP contribution in [0.4, 0.5) is 23.2 Å². The number of rotatable bonds is 3. The molecule has 0 aliphatic carbocycles. The fourth-order valence-electron chi connectivity index (χ4n) is 1.77. The van der Waals surface area contributed by atoms with Crippen LogP contribution in [-0.4, -0.2) is 0 Å². The van der Waals surface area contributed by atoms with Crippen LogP contribution in [0.5, 0.6) is 0 Å². The highest BCUT2D eigenvalue weighted by atomic mass is 19.2. The fourth-order valence-corrected chi connectivity index (χ4v) is 1.77. The van der Waals surface area contributed by atoms with E-state index in [1.54, 1.807) is 13.0 Å². The average Bonchev–Trinajstić information content (AvgIpc) is 2.36. The average molecular weight is 269 g/mol. The third-order valence-electron chi connectivity index (χ3n) is 2.75. The van der Waals surface area contributed by atoms with E-state index in [2.05, 4.69) is 5.32 Å². The van der Waals surface area contributed by atoms with Crippen molar-refractivity contribution in [1.82, 2.24) is 0 Å². The number of hydrogen-bond acceptors (Lipinski definition) is 1. The molecule has 0 radical (unpaired) electrons. The van der Waals surface area contributed by atoms with Crippen molar-refractivity contribution in [3.8, 4) is 0 Å². The maximum Gasteiger partial charge on any atom is 0.161 e. The molecule has 100 valence electrons. The first-order chi connectivity index (χ1) is 8.99. The second kappa shape index (κ2) is 5.30. The molecule has 0 bridgehead atoms. The highest BCUT2D eigenvalue weighted by molar-refractivity contribution is 5.47. The normalized spacial score (nSPS) is 12.3. The topological polar surface area (TPSA) is 12.0 Å². The van der Waals surface area contributed by atoms with E-state index in [1.165, 1.54) is 18.2 Å². The van der Waals surface area contributed by atoms with Gasteiger partial charge in [0.2, 0.25) is 0 Å². The Hall–Kier alpha value is -2.04. The third-order valence-corrected chi connectivity index (χ3v) is 2.75. The summed E-state index contributed by atoms with van der Waals surface area (Å²) < 4.78 is 52.8. The molecule has 0 saturated heterocycles. The minimum Gasteiger partial charge on any atom is -0.376 e. The zero-order valence-electron chi connectivity index (χ0n) is 10.1. The molecule has 0 aliphatic heterocycles. The van der Waals surface area contributed by atoms with E-state index in [0.29, 0.717) is 17.7 Å². The van der Waals surface area contributed by atoms with Crippen LogP contribution in [0, 0.1) is 23.3 Å². The van der Waals surface area contributed by atoms with Gasteiger partial charge in [0.25, 0.3) is 0 Å². The smallest absolute Gasteiger partial charge is 0.161 e. The minimum absolute atomic E-state index is 0.213. The van der Waals surface area contributed by atoms with E-state index in [-0.39, 0.29) is 5.69 Å². The maximum absolute atomic E-state index is 13.5. The molecule has 0 aliphatic rings. The van der Waals surface area contributed by atoms with Crippen molar-refractivity contribution in [1.29, 1.82) is 0 Å². The third kappa shape index (κ3) is 2.86. The van der Waals surface area contributed by atoms with Gasteiger partial charge in [0.15, 0.2) is 11.6 Å². The first-order valence-corrected chi connectivity index (χ1v) is 5.64. The molecule has 0 spiro atoms. The molecule has 1 N–H and O–H groups in total. The van der Waals surface area contributed by atoms with Crippen molar-refractivity contribution in [2.24, 2.45) is 0 Å². The summed E-state index contributed by atoms with van der Waals surface area (Å²) in [5.41, 5.74) is 0.0984. The van der Waals surface area contributed by atoms with Crippen molar-refractivity contribution in [2.45, 2.75) is 13.0 Å². The molecular formula is C14H11F4N. The Morgan fingerprint density at radius 2 is 1.47 bits per heavy atom. The van der Waals surface area contributed by atoms with Crippen LogP contribution in [0.1, 0.15) is 18.5 Å². The number of nitrogens with one attached hydrogen (secondary N) is 1. The summed E-state index contributed by atoms with van der Waals surface area (Å²) in [4.78, 5) is 0. The molecule has 0 saturated carbocycles. The van der Waals surface area contributed by atoms with Gasteiger partial charge in [0.1, 0.15) is 11.6 Å². The second-order valence-corrected chi connectivity index (χ2v) is 4.13. The van der Waals surface area contributed by atoms with E-state index in [4.69, 9.17) is 0 Å². The molecule has 0 aromatic heterocycles. The van der Waals surface area contributed by atoms with Gasteiger partial charge in [0.05, 0.1) is 11.7 Å². The van der Waals surface area contributed by atoms with Crippen LogP contribution >= 0.6 is 0 Å². The molecule has 2 rings (SSSR count). The maximum atomic E-state index is 13.5. The molecule has 0 fully saturated rings. The number of halogens is 4. The van der Waals surface area contributed by atoms with Crippen molar-refractivity contribution in [3.05, 3.63) is 65.2 Å². The molecule has 2 aromatic rings. The number of benzene rings is 2. The largest absolute Gasteiger partial charge is 0.376 e. The Morgan fingerprint density at radius 1 is 0.842 bits per heavy atom. The van der Waals surface area contributed by atoms with Gasteiger partial charge in [-0.05, 0) is 13.0 Å². The van der Waals surface area contributed by atoms with E-state index in [1.807, 2.05) is 0 Å². The predicted octanol–water partition coefficient (Wildman–Crippen LogP) is 4.42. The Balaban J connectivity index is 2.27. The highest BCUT2D eigenvalue weighted by Gasteiger charge is 2.14. The lowest BCUT2D eigenvalue weighted by atomic mass is 10.1.